The second kappa shape index (κ2) is 8.25. The van der Waals surface area contributed by atoms with E-state index in [0.29, 0.717) is 5.56 Å². The van der Waals surface area contributed by atoms with Crippen LogP contribution in [0.4, 0.5) is 13.2 Å². The van der Waals surface area contributed by atoms with Gasteiger partial charge in [-0.05, 0) is 30.7 Å². The highest BCUT2D eigenvalue weighted by molar-refractivity contribution is 6.30. The predicted octanol–water partition coefficient (Wildman–Crippen LogP) is 3.10. The van der Waals surface area contributed by atoms with Gasteiger partial charge in [0.05, 0.1) is 5.57 Å². The lowest BCUT2D eigenvalue weighted by atomic mass is 9.99. The van der Waals surface area contributed by atoms with Crippen LogP contribution in [0.2, 0.25) is 5.02 Å². The van der Waals surface area contributed by atoms with Gasteiger partial charge in [0.2, 0.25) is 19.5 Å². The van der Waals surface area contributed by atoms with Gasteiger partial charge in [-0.3, -0.25) is 0 Å². The molecule has 0 aliphatic carbocycles. The van der Waals surface area contributed by atoms with Crippen molar-refractivity contribution < 1.29 is 41.8 Å². The Bertz CT molecular complexity index is 794. The number of esters is 2. The van der Waals surface area contributed by atoms with Gasteiger partial charge < -0.3 is 19.0 Å². The Morgan fingerprint density at radius 3 is 2.63 bits per heavy atom. The Kier molecular flexibility index (Phi) is 6.26. The second-order valence-electron chi connectivity index (χ2n) is 5.19. The lowest BCUT2D eigenvalue weighted by Gasteiger charge is -2.28. The van der Waals surface area contributed by atoms with Gasteiger partial charge in [-0.25, -0.2) is 9.59 Å². The van der Waals surface area contributed by atoms with Crippen LogP contribution in [0, 0.1) is 11.8 Å². The number of ether oxygens (including phenoxy) is 3. The first-order chi connectivity index (χ1) is 12.6. The van der Waals surface area contributed by atoms with E-state index in [0.717, 1.165) is 6.08 Å². The molecule has 1 aliphatic heterocycles. The lowest BCUT2D eigenvalue weighted by molar-refractivity contribution is -0.191. The average Bonchev–Trinajstić information content (AvgIpc) is 2.57. The minimum absolute atomic E-state index is 0.0665. The van der Waals surface area contributed by atoms with Crippen molar-refractivity contribution in [3.8, 4) is 5.75 Å². The van der Waals surface area contributed by atoms with E-state index < -0.39 is 43.2 Å². The first kappa shape index (κ1) is 20.5. The fraction of sp³-hybridized carbons (Fsp3) is 0.333. The molecule has 1 atom stereocenters. The Labute approximate surface area is 154 Å². The van der Waals surface area contributed by atoms with E-state index in [1.807, 2.05) is 5.34 Å². The summed E-state index contributed by atoms with van der Waals surface area (Å²) in [5.74, 6) is -2.59. The molecule has 0 spiro atoms. The van der Waals surface area contributed by atoms with Gasteiger partial charge in [-0.2, -0.15) is 13.2 Å². The summed E-state index contributed by atoms with van der Waals surface area (Å²) in [5, 5.41) is 2.18. The summed E-state index contributed by atoms with van der Waals surface area (Å²) in [6, 6.07) is 2.74. The Hall–Kier alpha value is -2.82. The molecule has 12 heteroatoms. The zero-order valence-electron chi connectivity index (χ0n) is 13.5. The second-order valence-corrected chi connectivity index (χ2v) is 5.63. The Balaban J connectivity index is 2.19. The van der Waals surface area contributed by atoms with Crippen LogP contribution < -0.4 is 4.74 Å². The van der Waals surface area contributed by atoms with Crippen molar-refractivity contribution in [2.75, 3.05) is 13.4 Å². The van der Waals surface area contributed by atoms with Gasteiger partial charge in [0.1, 0.15) is 5.75 Å². The van der Waals surface area contributed by atoms with Crippen LogP contribution in [-0.4, -0.2) is 37.6 Å². The molecule has 1 aromatic carbocycles. The summed E-state index contributed by atoms with van der Waals surface area (Å²) in [5.41, 5.74) is -0.332. The quantitative estimate of drug-likeness (QED) is 0.308. The molecular weight excluding hydrogens is 399 g/mol. The molecule has 0 N–H and O–H groups in total. The largest absolute Gasteiger partial charge is 0.475 e. The minimum Gasteiger partial charge on any atom is -0.475 e. The molecule has 0 saturated carbocycles. The number of alkyl halides is 3. The van der Waals surface area contributed by atoms with E-state index in [-0.39, 0.29) is 16.3 Å². The highest BCUT2D eigenvalue weighted by Gasteiger charge is 2.49. The van der Waals surface area contributed by atoms with Crippen molar-refractivity contribution in [2.24, 2.45) is 5.34 Å². The monoisotopic (exact) mass is 409 g/mol. The number of rotatable bonds is 6. The SMILES string of the molecule is Cc1cc(Cl)cc2c1O[C@H](C(F)(F)F)C(C(=O)OCOC(=O)CON=O)=C2. The number of benzene rings is 1. The van der Waals surface area contributed by atoms with Crippen LogP contribution in [0.5, 0.6) is 5.75 Å². The molecule has 2 rings (SSSR count). The maximum absolute atomic E-state index is 13.3. The van der Waals surface area contributed by atoms with Gasteiger partial charge in [0, 0.05) is 10.6 Å². The molecule has 1 aromatic rings. The molecule has 0 amide bonds. The number of fused-ring (bicyclic) bond motifs is 1. The molecular formula is C15H11ClF3NO7. The third-order valence-electron chi connectivity index (χ3n) is 3.28. The first-order valence-corrected chi connectivity index (χ1v) is 7.53. The highest BCUT2D eigenvalue weighted by Crippen LogP contribution is 2.40. The van der Waals surface area contributed by atoms with Gasteiger partial charge in [0.25, 0.3) is 0 Å². The van der Waals surface area contributed by atoms with E-state index in [9.17, 15) is 27.7 Å². The molecule has 0 fully saturated rings. The van der Waals surface area contributed by atoms with E-state index in [1.165, 1.54) is 19.1 Å². The van der Waals surface area contributed by atoms with Crippen LogP contribution in [0.15, 0.2) is 23.0 Å². The lowest BCUT2D eigenvalue weighted by Crippen LogP contribution is -2.41. The summed E-state index contributed by atoms with van der Waals surface area (Å²) in [6.07, 6.45) is -6.54. The van der Waals surface area contributed by atoms with Gasteiger partial charge >= 0.3 is 18.1 Å². The van der Waals surface area contributed by atoms with Crippen LogP contribution in [0.1, 0.15) is 11.1 Å². The minimum atomic E-state index is -4.91. The zero-order valence-corrected chi connectivity index (χ0v) is 14.3. The van der Waals surface area contributed by atoms with Crippen LogP contribution in [0.3, 0.4) is 0 Å². The van der Waals surface area contributed by atoms with Crippen molar-refractivity contribution in [2.45, 2.75) is 19.2 Å². The van der Waals surface area contributed by atoms with Crippen LogP contribution in [0.25, 0.3) is 6.08 Å². The van der Waals surface area contributed by atoms with Gasteiger partial charge in [0.15, 0.2) is 5.34 Å². The number of halogens is 4. The summed E-state index contributed by atoms with van der Waals surface area (Å²) in [6.45, 7) is -0.336. The molecule has 0 saturated heterocycles. The number of carbonyl (C=O) groups is 2. The maximum Gasteiger partial charge on any atom is 0.430 e. The molecule has 1 heterocycles. The molecule has 8 nitrogen and oxygen atoms in total. The molecule has 1 aliphatic rings. The van der Waals surface area contributed by atoms with E-state index in [1.54, 1.807) is 0 Å². The van der Waals surface area contributed by atoms with Crippen LogP contribution in [-0.2, 0) is 23.9 Å². The van der Waals surface area contributed by atoms with Gasteiger partial charge in [-0.15, -0.1) is 4.91 Å². The molecule has 0 radical (unpaired) electrons. The average molecular weight is 410 g/mol. The first-order valence-electron chi connectivity index (χ1n) is 7.16. The molecule has 0 aromatic heterocycles. The Morgan fingerprint density at radius 2 is 2.00 bits per heavy atom. The van der Waals surface area contributed by atoms with E-state index in [4.69, 9.17) is 16.3 Å². The molecule has 0 unspecified atom stereocenters. The molecule has 146 valence electrons. The fourth-order valence-corrected chi connectivity index (χ4v) is 2.49. The topological polar surface area (TPSA) is 100 Å². The van der Waals surface area contributed by atoms with E-state index in [2.05, 4.69) is 14.3 Å². The third kappa shape index (κ3) is 5.09. The highest BCUT2D eigenvalue weighted by atomic mass is 35.5. The van der Waals surface area contributed by atoms with Crippen LogP contribution >= 0.6 is 11.6 Å². The van der Waals surface area contributed by atoms with Crippen molar-refractivity contribution in [3.63, 3.8) is 0 Å². The standard InChI is InChI=1S/C15H11ClF3NO7/c1-7-2-9(16)3-8-4-10(13(15(17,18)19)27-12(7)8)14(22)25-6-24-11(21)5-26-20-23/h2-4,13H,5-6H2,1H3/t13-/m0/s1. The fourth-order valence-electron chi connectivity index (χ4n) is 2.21. The number of hydrogen-bond acceptors (Lipinski definition) is 8. The summed E-state index contributed by atoms with van der Waals surface area (Å²) in [7, 11) is 0. The number of carbonyl (C=O) groups excluding carboxylic acids is 2. The normalized spacial score (nSPS) is 15.7. The molecule has 0 bridgehead atoms. The van der Waals surface area contributed by atoms with E-state index >= 15 is 0 Å². The summed E-state index contributed by atoms with van der Waals surface area (Å²) in [4.78, 5) is 36.6. The smallest absolute Gasteiger partial charge is 0.430 e. The van der Waals surface area contributed by atoms with Crippen molar-refractivity contribution in [3.05, 3.63) is 38.8 Å². The van der Waals surface area contributed by atoms with Crippen molar-refractivity contribution in [1.82, 2.24) is 0 Å². The van der Waals surface area contributed by atoms with Crippen molar-refractivity contribution in [1.29, 1.82) is 0 Å². The number of nitrogens with zero attached hydrogens (tertiary/aromatic N) is 1. The summed E-state index contributed by atoms with van der Waals surface area (Å²) >= 11 is 5.87. The zero-order chi connectivity index (χ0) is 20.2. The number of aryl methyl sites for hydroxylation is 1. The predicted molar refractivity (Wildman–Crippen MR) is 83.4 cm³/mol. The Morgan fingerprint density at radius 1 is 1.30 bits per heavy atom. The third-order valence-corrected chi connectivity index (χ3v) is 3.49. The maximum atomic E-state index is 13.3. The van der Waals surface area contributed by atoms with Crippen molar-refractivity contribution >= 4 is 29.6 Å². The molecule has 27 heavy (non-hydrogen) atoms. The van der Waals surface area contributed by atoms with Gasteiger partial charge in [-0.1, -0.05) is 11.6 Å². The summed E-state index contributed by atoms with van der Waals surface area (Å²) < 4.78 is 53.7. The number of hydrogen-bond donors (Lipinski definition) is 0.